The maximum absolute atomic E-state index is 12.6. The molecule has 1 aromatic heterocycles. The molecule has 0 bridgehead atoms. The monoisotopic (exact) mass is 451 g/mol. The second-order valence-corrected chi connectivity index (χ2v) is 9.44. The van der Waals surface area contributed by atoms with Gasteiger partial charge in [0, 0.05) is 30.9 Å². The number of fused-ring (bicyclic) bond motifs is 1. The lowest BCUT2D eigenvalue weighted by molar-refractivity contribution is -0.119. The van der Waals surface area contributed by atoms with Gasteiger partial charge in [-0.3, -0.25) is 14.3 Å². The van der Waals surface area contributed by atoms with E-state index in [2.05, 4.69) is 58.5 Å². The van der Waals surface area contributed by atoms with Crippen LogP contribution in [-0.4, -0.2) is 57.1 Å². The number of ether oxygens (including phenoxy) is 1. The average Bonchev–Trinajstić information content (AvgIpc) is 3.30. The Labute approximate surface area is 193 Å². The quantitative estimate of drug-likeness (QED) is 0.530. The van der Waals surface area contributed by atoms with Crippen LogP contribution in [0, 0.1) is 0 Å². The number of hydrogen-bond donors (Lipinski definition) is 1. The summed E-state index contributed by atoms with van der Waals surface area (Å²) in [4.78, 5) is 15.0. The van der Waals surface area contributed by atoms with Gasteiger partial charge < -0.3 is 10.1 Å². The predicted octanol–water partition coefficient (Wildman–Crippen LogP) is 3.32. The molecular formula is C24H29N5O2S. The SMILES string of the molecule is COc1ccc(-n2cnnc2SCC(=O)NCC(C)(C)N2CCc3ccccc3C2)cc1. The second kappa shape index (κ2) is 9.75. The number of carbonyl (C=O) groups is 1. The molecular weight excluding hydrogens is 422 g/mol. The van der Waals surface area contributed by atoms with E-state index in [1.54, 1.807) is 13.4 Å². The molecule has 168 valence electrons. The minimum Gasteiger partial charge on any atom is -0.497 e. The van der Waals surface area contributed by atoms with Crippen LogP contribution in [-0.2, 0) is 17.8 Å². The molecule has 3 aromatic rings. The Bertz CT molecular complexity index is 1060. The lowest BCUT2D eigenvalue weighted by atomic mass is 9.94. The molecule has 1 aliphatic rings. The zero-order valence-electron chi connectivity index (χ0n) is 18.7. The van der Waals surface area contributed by atoms with Crippen molar-refractivity contribution in [2.45, 2.75) is 37.5 Å². The Morgan fingerprint density at radius 1 is 1.16 bits per heavy atom. The largest absolute Gasteiger partial charge is 0.497 e. The summed E-state index contributed by atoms with van der Waals surface area (Å²) < 4.78 is 7.08. The third-order valence-corrected chi connectivity index (χ3v) is 6.85. The highest BCUT2D eigenvalue weighted by molar-refractivity contribution is 7.99. The molecule has 1 amide bonds. The number of rotatable bonds is 8. The molecule has 7 nitrogen and oxygen atoms in total. The third-order valence-electron chi connectivity index (χ3n) is 5.90. The molecule has 1 aliphatic heterocycles. The van der Waals surface area contributed by atoms with Crippen molar-refractivity contribution in [3.8, 4) is 11.4 Å². The molecule has 4 rings (SSSR count). The van der Waals surface area contributed by atoms with Gasteiger partial charge in [0.2, 0.25) is 5.91 Å². The molecule has 0 aliphatic carbocycles. The molecule has 0 saturated carbocycles. The first-order valence-corrected chi connectivity index (χ1v) is 11.7. The summed E-state index contributed by atoms with van der Waals surface area (Å²) in [5, 5.41) is 12.0. The van der Waals surface area contributed by atoms with Crippen molar-refractivity contribution in [3.05, 3.63) is 66.0 Å². The van der Waals surface area contributed by atoms with Gasteiger partial charge in [0.15, 0.2) is 5.16 Å². The summed E-state index contributed by atoms with van der Waals surface area (Å²) in [6.07, 6.45) is 2.70. The first-order chi connectivity index (χ1) is 15.5. The van der Waals surface area contributed by atoms with Crippen molar-refractivity contribution < 1.29 is 9.53 Å². The number of nitrogens with one attached hydrogen (secondary N) is 1. The van der Waals surface area contributed by atoms with Gasteiger partial charge in [0.25, 0.3) is 0 Å². The van der Waals surface area contributed by atoms with Crippen LogP contribution in [0.2, 0.25) is 0 Å². The zero-order valence-corrected chi connectivity index (χ0v) is 19.6. The highest BCUT2D eigenvalue weighted by Gasteiger charge is 2.30. The second-order valence-electron chi connectivity index (χ2n) is 8.50. The first-order valence-electron chi connectivity index (χ1n) is 10.7. The van der Waals surface area contributed by atoms with E-state index in [1.807, 2.05) is 28.8 Å². The number of methoxy groups -OCH3 is 1. The van der Waals surface area contributed by atoms with Crippen molar-refractivity contribution in [2.24, 2.45) is 0 Å². The summed E-state index contributed by atoms with van der Waals surface area (Å²) in [7, 11) is 1.64. The summed E-state index contributed by atoms with van der Waals surface area (Å²) in [5.41, 5.74) is 3.61. The fourth-order valence-corrected chi connectivity index (χ4v) is 4.62. The van der Waals surface area contributed by atoms with E-state index in [0.29, 0.717) is 11.7 Å². The summed E-state index contributed by atoms with van der Waals surface area (Å²) in [6, 6.07) is 16.3. The smallest absolute Gasteiger partial charge is 0.230 e. The summed E-state index contributed by atoms with van der Waals surface area (Å²) in [6.45, 7) is 6.89. The van der Waals surface area contributed by atoms with Crippen molar-refractivity contribution in [1.82, 2.24) is 25.0 Å². The van der Waals surface area contributed by atoms with E-state index in [4.69, 9.17) is 4.74 Å². The van der Waals surface area contributed by atoms with Gasteiger partial charge in [-0.05, 0) is 55.7 Å². The van der Waals surface area contributed by atoms with Crippen molar-refractivity contribution in [3.63, 3.8) is 0 Å². The van der Waals surface area contributed by atoms with Gasteiger partial charge in [0.05, 0.1) is 12.9 Å². The maximum atomic E-state index is 12.6. The fraction of sp³-hybridized carbons (Fsp3) is 0.375. The third kappa shape index (κ3) is 5.14. The van der Waals surface area contributed by atoms with Crippen molar-refractivity contribution in [1.29, 1.82) is 0 Å². The van der Waals surface area contributed by atoms with E-state index < -0.39 is 0 Å². The van der Waals surface area contributed by atoms with E-state index in [9.17, 15) is 4.79 Å². The first kappa shape index (κ1) is 22.4. The Hall–Kier alpha value is -2.84. The molecule has 0 atom stereocenters. The highest BCUT2D eigenvalue weighted by atomic mass is 32.2. The minimum atomic E-state index is -0.128. The topological polar surface area (TPSA) is 72.3 Å². The molecule has 2 heterocycles. The molecule has 0 fully saturated rings. The van der Waals surface area contributed by atoms with Crippen molar-refractivity contribution in [2.75, 3.05) is 26.0 Å². The maximum Gasteiger partial charge on any atom is 0.230 e. The summed E-state index contributed by atoms with van der Waals surface area (Å²) >= 11 is 1.38. The Kier molecular flexibility index (Phi) is 6.81. The van der Waals surface area contributed by atoms with Crippen LogP contribution in [0.15, 0.2) is 60.0 Å². The molecule has 0 spiro atoms. The van der Waals surface area contributed by atoms with Gasteiger partial charge in [-0.25, -0.2) is 0 Å². The molecule has 0 unspecified atom stereocenters. The molecule has 0 radical (unpaired) electrons. The Morgan fingerprint density at radius 3 is 2.66 bits per heavy atom. The molecule has 1 N–H and O–H groups in total. The standard InChI is InChI=1S/C24H29N5O2S/c1-24(2,28-13-12-18-6-4-5-7-19(18)14-28)16-25-22(30)15-32-23-27-26-17-29(23)20-8-10-21(31-3)11-9-20/h4-11,17H,12-16H2,1-3H3,(H,25,30). The lowest BCUT2D eigenvalue weighted by Gasteiger charge is -2.41. The predicted molar refractivity (Wildman–Crippen MR) is 126 cm³/mol. The molecule has 2 aromatic carbocycles. The van der Waals surface area contributed by atoms with Crippen LogP contribution in [0.1, 0.15) is 25.0 Å². The lowest BCUT2D eigenvalue weighted by Crippen LogP contribution is -2.53. The van der Waals surface area contributed by atoms with Gasteiger partial charge in [-0.15, -0.1) is 10.2 Å². The van der Waals surface area contributed by atoms with Gasteiger partial charge in [-0.2, -0.15) is 0 Å². The number of hydrogen-bond acceptors (Lipinski definition) is 6. The van der Waals surface area contributed by atoms with Crippen LogP contribution in [0.5, 0.6) is 5.75 Å². The summed E-state index contributed by atoms with van der Waals surface area (Å²) in [5.74, 6) is 1.06. The van der Waals surface area contributed by atoms with Crippen LogP contribution in [0.4, 0.5) is 0 Å². The average molecular weight is 452 g/mol. The number of benzene rings is 2. The van der Waals surface area contributed by atoms with Crippen LogP contribution in [0.3, 0.4) is 0 Å². The number of carbonyl (C=O) groups excluding carboxylic acids is 1. The van der Waals surface area contributed by atoms with Crippen LogP contribution in [0.25, 0.3) is 5.69 Å². The Morgan fingerprint density at radius 2 is 1.91 bits per heavy atom. The van der Waals surface area contributed by atoms with E-state index in [-0.39, 0.29) is 17.2 Å². The van der Waals surface area contributed by atoms with Crippen molar-refractivity contribution >= 4 is 17.7 Å². The van der Waals surface area contributed by atoms with E-state index >= 15 is 0 Å². The van der Waals surface area contributed by atoms with Crippen LogP contribution >= 0.6 is 11.8 Å². The van der Waals surface area contributed by atoms with E-state index in [1.165, 1.54) is 22.9 Å². The zero-order chi connectivity index (χ0) is 22.6. The number of aromatic nitrogens is 3. The van der Waals surface area contributed by atoms with Crippen LogP contribution < -0.4 is 10.1 Å². The molecule has 0 saturated heterocycles. The number of amides is 1. The van der Waals surface area contributed by atoms with Gasteiger partial charge in [-0.1, -0.05) is 36.0 Å². The fourth-order valence-electron chi connectivity index (χ4n) is 3.86. The molecule has 32 heavy (non-hydrogen) atoms. The minimum absolute atomic E-state index is 0.00948. The molecule has 8 heteroatoms. The van der Waals surface area contributed by atoms with Gasteiger partial charge in [0.1, 0.15) is 12.1 Å². The van der Waals surface area contributed by atoms with Gasteiger partial charge >= 0.3 is 0 Å². The normalized spacial score (nSPS) is 14.1. The Balaban J connectivity index is 1.30. The number of nitrogens with zero attached hydrogens (tertiary/aromatic N) is 4. The number of thioether (sulfide) groups is 1. The van der Waals surface area contributed by atoms with E-state index in [0.717, 1.165) is 30.9 Å². The highest BCUT2D eigenvalue weighted by Crippen LogP contribution is 2.25.